The molecule has 7 rings (SSSR count). The van der Waals surface area contributed by atoms with Crippen LogP contribution in [0.4, 0.5) is 23.2 Å². The second-order valence-corrected chi connectivity index (χ2v) is 12.2. The second-order valence-electron chi connectivity index (χ2n) is 12.2. The Morgan fingerprint density at radius 1 is 1.12 bits per heavy atom. The molecule has 1 aliphatic carbocycles. The molecule has 2 aliphatic rings. The highest BCUT2D eigenvalue weighted by molar-refractivity contribution is 6.09. The van der Waals surface area contributed by atoms with Crippen molar-refractivity contribution in [2.75, 3.05) is 39.0 Å². The van der Waals surface area contributed by atoms with Gasteiger partial charge in [0.15, 0.2) is 11.5 Å². The van der Waals surface area contributed by atoms with E-state index in [2.05, 4.69) is 69.3 Å². The minimum Gasteiger partial charge on any atom is -0.435 e. The summed E-state index contributed by atoms with van der Waals surface area (Å²) >= 11 is 0. The predicted molar refractivity (Wildman–Crippen MR) is 165 cm³/mol. The molecule has 1 N–H and O–H groups in total. The third kappa shape index (κ3) is 6.89. The normalized spacial score (nSPS) is 16.1. The largest absolute Gasteiger partial charge is 0.435 e. The second kappa shape index (κ2) is 13.0. The van der Waals surface area contributed by atoms with Crippen molar-refractivity contribution in [3.05, 3.63) is 60.4 Å². The third-order valence-corrected chi connectivity index (χ3v) is 8.89. The number of alkyl halides is 4. The lowest BCUT2D eigenvalue weighted by molar-refractivity contribution is -0.0526. The number of carbonyl (C=O) groups is 1. The number of benzene rings is 1. The van der Waals surface area contributed by atoms with Gasteiger partial charge < -0.3 is 19.7 Å². The van der Waals surface area contributed by atoms with Crippen LogP contribution >= 0.6 is 0 Å². The number of anilines is 1. The van der Waals surface area contributed by atoms with E-state index in [1.54, 1.807) is 17.1 Å². The quantitative estimate of drug-likeness (QED) is 0.172. The van der Waals surface area contributed by atoms with E-state index in [4.69, 9.17) is 0 Å². The molecule has 0 atom stereocenters. The zero-order valence-electron chi connectivity index (χ0n) is 26.5. The molecule has 0 bridgehead atoms. The molecular formula is C30H32F4N12O3. The summed E-state index contributed by atoms with van der Waals surface area (Å²) in [6, 6.07) is 4.89. The van der Waals surface area contributed by atoms with E-state index < -0.39 is 19.1 Å². The molecule has 1 amide bonds. The Kier molecular flexibility index (Phi) is 8.61. The topological polar surface area (TPSA) is 146 Å². The van der Waals surface area contributed by atoms with E-state index in [9.17, 15) is 22.4 Å². The number of nitrogens with one attached hydrogen (secondary N) is 1. The Hall–Kier alpha value is -5.17. The molecule has 1 saturated carbocycles. The third-order valence-electron chi connectivity index (χ3n) is 8.89. The van der Waals surface area contributed by atoms with Crippen LogP contribution in [-0.2, 0) is 6.54 Å². The van der Waals surface area contributed by atoms with Gasteiger partial charge in [-0.05, 0) is 62.8 Å². The summed E-state index contributed by atoms with van der Waals surface area (Å²) in [5.74, 6) is -1.05. The van der Waals surface area contributed by atoms with Gasteiger partial charge >= 0.3 is 13.2 Å². The molecule has 5 aromatic rings. The van der Waals surface area contributed by atoms with Crippen LogP contribution < -0.4 is 14.8 Å². The Morgan fingerprint density at radius 3 is 2.65 bits per heavy atom. The predicted octanol–water partition coefficient (Wildman–Crippen LogP) is 3.42. The van der Waals surface area contributed by atoms with Crippen molar-refractivity contribution < 1.29 is 31.8 Å². The van der Waals surface area contributed by atoms with E-state index in [1.165, 1.54) is 40.6 Å². The van der Waals surface area contributed by atoms with E-state index in [0.29, 0.717) is 11.4 Å². The van der Waals surface area contributed by atoms with Gasteiger partial charge in [-0.15, -0.1) is 10.2 Å². The first-order valence-corrected chi connectivity index (χ1v) is 15.5. The van der Waals surface area contributed by atoms with Gasteiger partial charge in [0.25, 0.3) is 5.91 Å². The molecule has 0 unspecified atom stereocenters. The number of hydrogen-bond donors (Lipinski definition) is 1. The summed E-state index contributed by atoms with van der Waals surface area (Å²) in [7, 11) is 4.25. The Bertz CT molecular complexity index is 1950. The highest BCUT2D eigenvalue weighted by Crippen LogP contribution is 2.43. The Morgan fingerprint density at radius 2 is 1.92 bits per heavy atom. The summed E-state index contributed by atoms with van der Waals surface area (Å²) in [6.45, 7) is -3.85. The summed E-state index contributed by atoms with van der Waals surface area (Å²) < 4.78 is 64.9. The van der Waals surface area contributed by atoms with Crippen molar-refractivity contribution in [3.63, 3.8) is 0 Å². The molecule has 1 saturated heterocycles. The zero-order chi connectivity index (χ0) is 34.3. The molecule has 0 spiro atoms. The fourth-order valence-corrected chi connectivity index (χ4v) is 5.96. The molecule has 1 aliphatic heterocycles. The van der Waals surface area contributed by atoms with Crippen molar-refractivity contribution in [1.82, 2.24) is 54.4 Å². The lowest BCUT2D eigenvalue weighted by Gasteiger charge is -2.39. The molecule has 19 heteroatoms. The minimum atomic E-state index is -3.24. The van der Waals surface area contributed by atoms with Gasteiger partial charge in [0, 0.05) is 43.8 Å². The van der Waals surface area contributed by atoms with Gasteiger partial charge in [0.05, 0.1) is 23.5 Å². The molecular weight excluding hydrogens is 652 g/mol. The number of nitrogens with zero attached hydrogens (tertiary/aromatic N) is 11. The first kappa shape index (κ1) is 32.4. The van der Waals surface area contributed by atoms with Crippen LogP contribution in [0.1, 0.15) is 41.5 Å². The molecule has 15 nitrogen and oxygen atoms in total. The lowest BCUT2D eigenvalue weighted by Crippen LogP contribution is -2.50. The van der Waals surface area contributed by atoms with Gasteiger partial charge in [0.2, 0.25) is 0 Å². The van der Waals surface area contributed by atoms with Gasteiger partial charge in [-0.2, -0.15) is 32.6 Å². The van der Waals surface area contributed by atoms with Crippen LogP contribution in [0.15, 0.2) is 49.1 Å². The van der Waals surface area contributed by atoms with E-state index in [1.807, 2.05) is 0 Å². The highest BCUT2D eigenvalue weighted by atomic mass is 19.3. The number of aromatic nitrogens is 9. The van der Waals surface area contributed by atoms with E-state index in [-0.39, 0.29) is 52.2 Å². The smallest absolute Gasteiger partial charge is 0.387 e. The van der Waals surface area contributed by atoms with Gasteiger partial charge in [-0.25, -0.2) is 9.50 Å². The molecule has 258 valence electrons. The molecule has 0 radical (unpaired) electrons. The lowest BCUT2D eigenvalue weighted by atomic mass is 10.1. The van der Waals surface area contributed by atoms with Gasteiger partial charge in [-0.3, -0.25) is 14.4 Å². The van der Waals surface area contributed by atoms with E-state index >= 15 is 0 Å². The average molecular weight is 685 g/mol. The van der Waals surface area contributed by atoms with Crippen LogP contribution in [0, 0.1) is 0 Å². The summed E-state index contributed by atoms with van der Waals surface area (Å²) in [5.41, 5.74) is 0.536. The van der Waals surface area contributed by atoms with Crippen molar-refractivity contribution in [1.29, 1.82) is 0 Å². The standard InChI is InChI=1S/C30H32F4N12O3/c1-42(2)30(6-7-30)8-11-43-14-18(15-43)46-39-24(38-41-46)17-44-16-22(37-27(47)21-13-36-45-10-3-9-35-26(21)45)25(40-44)20-12-19(48-28(31)32)4-5-23(20)49-29(33)34/h3-5,9-10,12-13,16,18,28-29H,6-8,11,14-15,17H2,1-2H3,(H,37,47). The number of hydrogen-bond acceptors (Lipinski definition) is 11. The number of fused-ring (bicyclic) bond motifs is 1. The fraction of sp³-hybridized carbons (Fsp3) is 0.433. The molecule has 4 aromatic heterocycles. The number of amides is 1. The maximum Gasteiger partial charge on any atom is 0.387 e. The van der Waals surface area contributed by atoms with Crippen LogP contribution in [0.25, 0.3) is 16.9 Å². The van der Waals surface area contributed by atoms with E-state index in [0.717, 1.165) is 44.3 Å². The van der Waals surface area contributed by atoms with Crippen molar-refractivity contribution in [2.24, 2.45) is 0 Å². The monoisotopic (exact) mass is 684 g/mol. The number of tetrazole rings is 1. The number of carbonyl (C=O) groups excluding carboxylic acids is 1. The maximum absolute atomic E-state index is 13.4. The first-order valence-electron chi connectivity index (χ1n) is 15.5. The zero-order valence-corrected chi connectivity index (χ0v) is 26.5. The fourth-order valence-electron chi connectivity index (χ4n) is 5.96. The molecule has 2 fully saturated rings. The number of halogens is 4. The van der Waals surface area contributed by atoms with Crippen LogP contribution in [0.2, 0.25) is 0 Å². The number of ether oxygens (including phenoxy) is 2. The number of rotatable bonds is 14. The van der Waals surface area contributed by atoms with Crippen molar-refractivity contribution in [2.45, 2.75) is 50.6 Å². The summed E-state index contributed by atoms with van der Waals surface area (Å²) in [5, 5.41) is 24.3. The molecule has 49 heavy (non-hydrogen) atoms. The minimum absolute atomic E-state index is 0.0127. The Balaban J connectivity index is 1.13. The van der Waals surface area contributed by atoms with Gasteiger partial charge in [0.1, 0.15) is 29.3 Å². The summed E-state index contributed by atoms with van der Waals surface area (Å²) in [6.07, 6.45) is 9.41. The van der Waals surface area contributed by atoms with Crippen molar-refractivity contribution >= 4 is 17.2 Å². The van der Waals surface area contributed by atoms with Crippen LogP contribution in [0.5, 0.6) is 11.5 Å². The summed E-state index contributed by atoms with van der Waals surface area (Å²) in [4.78, 5) is 23.9. The van der Waals surface area contributed by atoms with Crippen molar-refractivity contribution in [3.8, 4) is 22.8 Å². The average Bonchev–Trinajstić information content (AvgIpc) is 3.31. The molecule has 1 aromatic carbocycles. The highest BCUT2D eigenvalue weighted by Gasteiger charge is 2.45. The van der Waals surface area contributed by atoms with Gasteiger partial charge in [-0.1, -0.05) is 0 Å². The maximum atomic E-state index is 13.4. The number of likely N-dealkylation sites (tertiary alicyclic amines) is 1. The molecule has 5 heterocycles. The van der Waals surface area contributed by atoms with Crippen LogP contribution in [-0.4, -0.2) is 113 Å². The first-order chi connectivity index (χ1) is 23.6. The SMILES string of the molecule is CN(C)C1(CCN2CC(n3nnc(Cn4cc(NC(=O)c5cnn6cccnc56)c(-c5cc(OC(F)F)ccc5OC(F)F)n4)n3)C2)CC1. The Labute approximate surface area is 276 Å². The van der Waals surface area contributed by atoms with Crippen LogP contribution in [0.3, 0.4) is 0 Å².